The molecule has 1 aromatic carbocycles. The lowest BCUT2D eigenvalue weighted by atomic mass is 10.3. The third kappa shape index (κ3) is 2.10. The number of aromatic nitrogens is 3. The number of para-hydroxylation sites is 1. The van der Waals surface area contributed by atoms with Crippen LogP contribution in [0.25, 0.3) is 5.69 Å². The van der Waals surface area contributed by atoms with Gasteiger partial charge < -0.3 is 0 Å². The number of nitrogens with zero attached hydrogens (tertiary/aromatic N) is 3. The van der Waals surface area contributed by atoms with E-state index in [-0.39, 0.29) is 0 Å². The molecule has 1 N–H and O–H groups in total. The molecule has 0 bridgehead atoms. The molecule has 0 aliphatic heterocycles. The predicted molar refractivity (Wildman–Crippen MR) is 64.2 cm³/mol. The largest absolute Gasteiger partial charge is 0.447 e. The summed E-state index contributed by atoms with van der Waals surface area (Å²) >= 11 is 0. The summed E-state index contributed by atoms with van der Waals surface area (Å²) in [6, 6.07) is 8.78. The Bertz CT molecular complexity index is 657. The van der Waals surface area contributed by atoms with E-state index in [0.29, 0.717) is 5.69 Å². The van der Waals surface area contributed by atoms with E-state index in [0.717, 1.165) is 9.25 Å². The molecule has 2 aromatic rings. The second-order valence-corrected chi connectivity index (χ2v) is 3.82. The Kier molecular flexibility index (Phi) is 2.78. The van der Waals surface area contributed by atoms with Crippen LogP contribution < -0.4 is 11.4 Å². The molecule has 0 amide bonds. The maximum absolute atomic E-state index is 12.0. The quantitative estimate of drug-likeness (QED) is 0.431. The van der Waals surface area contributed by atoms with Gasteiger partial charge in [-0.25, -0.2) is 9.59 Å². The van der Waals surface area contributed by atoms with Crippen molar-refractivity contribution in [2.45, 2.75) is 0 Å². The summed E-state index contributed by atoms with van der Waals surface area (Å²) < 4.78 is 3.90. The first-order chi connectivity index (χ1) is 8.09. The number of aromatic amines is 1. The average Bonchev–Trinajstić information content (AvgIpc) is 2.54. The monoisotopic (exact) mass is 233 g/mol. The summed E-state index contributed by atoms with van der Waals surface area (Å²) in [5, 5.41) is 2.46. The van der Waals surface area contributed by atoms with Gasteiger partial charge in [0, 0.05) is 0 Å². The van der Waals surface area contributed by atoms with Gasteiger partial charge >= 0.3 is 11.4 Å². The molecule has 0 saturated carbocycles. The molecule has 0 aliphatic rings. The van der Waals surface area contributed by atoms with Crippen LogP contribution in [0.4, 0.5) is 0 Å². The number of nitrogens with one attached hydrogen (secondary N) is 1. The molecule has 2 rings (SSSR count). The minimum atomic E-state index is -0.459. The molecule has 1 heterocycles. The fourth-order valence-electron chi connectivity index (χ4n) is 1.51. The van der Waals surface area contributed by atoms with Crippen LogP contribution in [0.15, 0.2) is 39.9 Å². The van der Waals surface area contributed by atoms with Crippen LogP contribution in [0.5, 0.6) is 0 Å². The maximum Gasteiger partial charge on any atom is 0.447 e. The minimum Gasteiger partial charge on any atom is -0.271 e. The van der Waals surface area contributed by atoms with Crippen LogP contribution in [-0.4, -0.2) is 39.4 Å². The van der Waals surface area contributed by atoms with Gasteiger partial charge in [0.25, 0.3) is 6.34 Å². The van der Waals surface area contributed by atoms with Crippen molar-refractivity contribution < 1.29 is 4.58 Å². The van der Waals surface area contributed by atoms with Gasteiger partial charge in [-0.3, -0.25) is 4.58 Å². The van der Waals surface area contributed by atoms with Crippen molar-refractivity contribution >= 4 is 6.34 Å². The topological polar surface area (TPSA) is 62.8 Å². The van der Waals surface area contributed by atoms with Crippen molar-refractivity contribution in [1.82, 2.24) is 14.3 Å². The lowest BCUT2D eigenvalue weighted by molar-refractivity contribution is -0.461. The maximum atomic E-state index is 12.0. The highest BCUT2D eigenvalue weighted by Gasteiger charge is 2.14. The fourth-order valence-corrected chi connectivity index (χ4v) is 1.51. The lowest BCUT2D eigenvalue weighted by Gasteiger charge is -1.94. The van der Waals surface area contributed by atoms with Crippen molar-refractivity contribution in [2.24, 2.45) is 0 Å². The van der Waals surface area contributed by atoms with E-state index in [1.165, 1.54) is 6.34 Å². The summed E-state index contributed by atoms with van der Waals surface area (Å²) in [4.78, 5) is 23.7. The molecule has 0 aliphatic carbocycles. The van der Waals surface area contributed by atoms with Crippen LogP contribution in [0, 0.1) is 0 Å². The van der Waals surface area contributed by atoms with Gasteiger partial charge in [-0.1, -0.05) is 22.9 Å². The molecular formula is C11H13N4O2+. The van der Waals surface area contributed by atoms with Crippen molar-refractivity contribution in [1.29, 1.82) is 0 Å². The van der Waals surface area contributed by atoms with Crippen molar-refractivity contribution in [3.05, 3.63) is 51.3 Å². The van der Waals surface area contributed by atoms with Crippen molar-refractivity contribution in [3.8, 4) is 5.69 Å². The Labute approximate surface area is 97.0 Å². The SMILES string of the molecule is C[N+](C)=Cn1[nH]c(=O)n(-c2ccccc2)c1=O. The first-order valence-corrected chi connectivity index (χ1v) is 5.10. The molecule has 0 saturated heterocycles. The Balaban J connectivity index is 2.66. The molecule has 17 heavy (non-hydrogen) atoms. The van der Waals surface area contributed by atoms with E-state index in [1.54, 1.807) is 42.9 Å². The normalized spacial score (nSPS) is 10.2. The van der Waals surface area contributed by atoms with E-state index in [4.69, 9.17) is 0 Å². The second kappa shape index (κ2) is 4.25. The minimum absolute atomic E-state index is 0.421. The van der Waals surface area contributed by atoms with Crippen LogP contribution in [0.1, 0.15) is 0 Å². The highest BCUT2D eigenvalue weighted by molar-refractivity contribution is 5.50. The molecule has 1 aromatic heterocycles. The van der Waals surface area contributed by atoms with E-state index in [1.807, 2.05) is 6.07 Å². The van der Waals surface area contributed by atoms with Gasteiger partial charge in [0.2, 0.25) is 0 Å². The second-order valence-electron chi connectivity index (χ2n) is 3.82. The zero-order chi connectivity index (χ0) is 12.4. The summed E-state index contributed by atoms with van der Waals surface area (Å²) in [6.07, 6.45) is 1.50. The van der Waals surface area contributed by atoms with E-state index < -0.39 is 11.4 Å². The number of hydrogen-bond acceptors (Lipinski definition) is 2. The average molecular weight is 233 g/mol. The van der Waals surface area contributed by atoms with Gasteiger partial charge in [-0.2, -0.15) is 9.67 Å². The van der Waals surface area contributed by atoms with Gasteiger partial charge in [0.1, 0.15) is 0 Å². The molecule has 6 nitrogen and oxygen atoms in total. The number of H-pyrrole nitrogens is 1. The van der Waals surface area contributed by atoms with Crippen LogP contribution >= 0.6 is 0 Å². The molecule has 0 spiro atoms. The Morgan fingerprint density at radius 1 is 1.18 bits per heavy atom. The fraction of sp³-hybridized carbons (Fsp3) is 0.182. The molecule has 6 heteroatoms. The summed E-state index contributed by atoms with van der Waals surface area (Å²) in [7, 11) is 3.54. The van der Waals surface area contributed by atoms with Crippen molar-refractivity contribution in [3.63, 3.8) is 0 Å². The van der Waals surface area contributed by atoms with Gasteiger partial charge in [-0.05, 0) is 12.1 Å². The zero-order valence-electron chi connectivity index (χ0n) is 9.62. The van der Waals surface area contributed by atoms with E-state index in [9.17, 15) is 9.59 Å². The number of benzene rings is 1. The standard InChI is InChI=1S/C11H12N4O2/c1-13(2)8-14-11(17)15(10(16)12-14)9-6-4-3-5-7-9/h3-8H,1-2H3/p+1. The Morgan fingerprint density at radius 2 is 1.82 bits per heavy atom. The Morgan fingerprint density at radius 3 is 2.41 bits per heavy atom. The number of hydrogen-bond donors (Lipinski definition) is 1. The van der Waals surface area contributed by atoms with Gasteiger partial charge in [0.05, 0.1) is 19.8 Å². The molecule has 88 valence electrons. The zero-order valence-corrected chi connectivity index (χ0v) is 9.62. The first-order valence-electron chi connectivity index (χ1n) is 5.10. The summed E-state index contributed by atoms with van der Waals surface area (Å²) in [5.74, 6) is 0. The summed E-state index contributed by atoms with van der Waals surface area (Å²) in [6.45, 7) is 0. The summed E-state index contributed by atoms with van der Waals surface area (Å²) in [5.41, 5.74) is -0.334. The highest BCUT2D eigenvalue weighted by Crippen LogP contribution is 1.99. The van der Waals surface area contributed by atoms with E-state index >= 15 is 0 Å². The van der Waals surface area contributed by atoms with Crippen LogP contribution in [-0.2, 0) is 0 Å². The highest BCUT2D eigenvalue weighted by atomic mass is 16.2. The molecule has 0 unspecified atom stereocenters. The van der Waals surface area contributed by atoms with Gasteiger partial charge in [-0.15, -0.1) is 0 Å². The molecule has 0 radical (unpaired) electrons. The number of rotatable bonds is 2. The molecule has 0 atom stereocenters. The molecular weight excluding hydrogens is 220 g/mol. The van der Waals surface area contributed by atoms with Crippen molar-refractivity contribution in [2.75, 3.05) is 14.1 Å². The first kappa shape index (κ1) is 11.1. The van der Waals surface area contributed by atoms with Gasteiger partial charge in [0.15, 0.2) is 0 Å². The van der Waals surface area contributed by atoms with E-state index in [2.05, 4.69) is 5.10 Å². The predicted octanol–water partition coefficient (Wildman–Crippen LogP) is -0.524. The van der Waals surface area contributed by atoms with Crippen LogP contribution in [0.3, 0.4) is 0 Å². The Hall–Kier alpha value is -2.37. The lowest BCUT2D eigenvalue weighted by Crippen LogP contribution is -2.28. The molecule has 0 fully saturated rings. The van der Waals surface area contributed by atoms with Crippen LogP contribution in [0.2, 0.25) is 0 Å². The smallest absolute Gasteiger partial charge is 0.271 e. The third-order valence-corrected chi connectivity index (χ3v) is 2.18. The third-order valence-electron chi connectivity index (χ3n) is 2.18.